The maximum Gasteiger partial charge on any atom is 0.287 e. The second-order valence-corrected chi connectivity index (χ2v) is 4.04. The standard InChI is InChI=1S/C13H15N3O2/c1-16(2)12-10(5-3-7-14-12)9-15-13(17)11-6-4-8-18-11/h3-8H,9H2,1-2H3,(H,15,17). The number of carbonyl (C=O) groups is 1. The highest BCUT2D eigenvalue weighted by Crippen LogP contribution is 2.14. The zero-order chi connectivity index (χ0) is 13.0. The summed E-state index contributed by atoms with van der Waals surface area (Å²) in [6, 6.07) is 7.10. The molecule has 0 saturated heterocycles. The molecule has 0 aliphatic rings. The van der Waals surface area contributed by atoms with E-state index in [9.17, 15) is 4.79 Å². The number of hydrogen-bond donors (Lipinski definition) is 1. The molecule has 0 radical (unpaired) electrons. The van der Waals surface area contributed by atoms with E-state index >= 15 is 0 Å². The van der Waals surface area contributed by atoms with Gasteiger partial charge >= 0.3 is 0 Å². The molecule has 2 aromatic heterocycles. The van der Waals surface area contributed by atoms with Crippen LogP contribution in [0.15, 0.2) is 41.1 Å². The Morgan fingerprint density at radius 1 is 1.39 bits per heavy atom. The van der Waals surface area contributed by atoms with Crippen molar-refractivity contribution < 1.29 is 9.21 Å². The number of hydrogen-bond acceptors (Lipinski definition) is 4. The van der Waals surface area contributed by atoms with Gasteiger partial charge in [0.25, 0.3) is 5.91 Å². The Hall–Kier alpha value is -2.30. The van der Waals surface area contributed by atoms with E-state index < -0.39 is 0 Å². The van der Waals surface area contributed by atoms with Gasteiger partial charge in [-0.3, -0.25) is 4.79 Å². The largest absolute Gasteiger partial charge is 0.459 e. The van der Waals surface area contributed by atoms with Gasteiger partial charge in [0.1, 0.15) is 5.82 Å². The van der Waals surface area contributed by atoms with E-state index in [1.165, 1.54) is 6.26 Å². The van der Waals surface area contributed by atoms with Crippen LogP contribution in [0.5, 0.6) is 0 Å². The summed E-state index contributed by atoms with van der Waals surface area (Å²) in [5.41, 5.74) is 0.961. The van der Waals surface area contributed by atoms with Crippen molar-refractivity contribution in [3.8, 4) is 0 Å². The highest BCUT2D eigenvalue weighted by atomic mass is 16.3. The molecule has 0 bridgehead atoms. The molecule has 0 aliphatic carbocycles. The maximum absolute atomic E-state index is 11.7. The topological polar surface area (TPSA) is 58.4 Å². The Bertz CT molecular complexity index is 521. The second kappa shape index (κ2) is 5.35. The van der Waals surface area contributed by atoms with Crippen molar-refractivity contribution in [2.45, 2.75) is 6.54 Å². The van der Waals surface area contributed by atoms with Crippen LogP contribution in [0.25, 0.3) is 0 Å². The van der Waals surface area contributed by atoms with E-state index in [1.807, 2.05) is 31.1 Å². The first-order valence-electron chi connectivity index (χ1n) is 5.61. The van der Waals surface area contributed by atoms with Gasteiger partial charge < -0.3 is 14.6 Å². The fraction of sp³-hybridized carbons (Fsp3) is 0.231. The Morgan fingerprint density at radius 3 is 2.89 bits per heavy atom. The fourth-order valence-corrected chi connectivity index (χ4v) is 1.64. The lowest BCUT2D eigenvalue weighted by Gasteiger charge is -2.15. The molecule has 5 nitrogen and oxygen atoms in total. The first-order chi connectivity index (χ1) is 8.68. The number of anilines is 1. The third-order valence-corrected chi connectivity index (χ3v) is 2.48. The number of nitrogens with zero attached hydrogens (tertiary/aromatic N) is 2. The minimum Gasteiger partial charge on any atom is -0.459 e. The smallest absolute Gasteiger partial charge is 0.287 e. The number of rotatable bonds is 4. The van der Waals surface area contributed by atoms with Crippen LogP contribution < -0.4 is 10.2 Å². The van der Waals surface area contributed by atoms with Gasteiger partial charge in [0.05, 0.1) is 6.26 Å². The van der Waals surface area contributed by atoms with Crippen LogP contribution in [0, 0.1) is 0 Å². The lowest BCUT2D eigenvalue weighted by molar-refractivity contribution is 0.0923. The van der Waals surface area contributed by atoms with Gasteiger partial charge in [-0.25, -0.2) is 4.98 Å². The summed E-state index contributed by atoms with van der Waals surface area (Å²) >= 11 is 0. The van der Waals surface area contributed by atoms with Crippen molar-refractivity contribution in [3.05, 3.63) is 48.0 Å². The van der Waals surface area contributed by atoms with Gasteiger partial charge in [-0.2, -0.15) is 0 Å². The minimum atomic E-state index is -0.228. The summed E-state index contributed by atoms with van der Waals surface area (Å²) < 4.78 is 5.02. The molecule has 2 rings (SSSR count). The van der Waals surface area contributed by atoms with Crippen LogP contribution in [-0.4, -0.2) is 25.0 Å². The van der Waals surface area contributed by atoms with Crippen molar-refractivity contribution in [1.29, 1.82) is 0 Å². The SMILES string of the molecule is CN(C)c1ncccc1CNC(=O)c1ccco1. The third-order valence-electron chi connectivity index (χ3n) is 2.48. The Balaban J connectivity index is 2.04. The lowest BCUT2D eigenvalue weighted by atomic mass is 10.2. The fourth-order valence-electron chi connectivity index (χ4n) is 1.64. The van der Waals surface area contributed by atoms with Crippen LogP contribution in [0.3, 0.4) is 0 Å². The summed E-state index contributed by atoms with van der Waals surface area (Å²) in [4.78, 5) is 17.9. The van der Waals surface area contributed by atoms with Crippen molar-refractivity contribution >= 4 is 11.7 Å². The number of pyridine rings is 1. The van der Waals surface area contributed by atoms with Crippen LogP contribution in [-0.2, 0) is 6.54 Å². The summed E-state index contributed by atoms with van der Waals surface area (Å²) in [5, 5.41) is 2.80. The molecule has 0 unspecified atom stereocenters. The molecule has 0 spiro atoms. The molecule has 2 heterocycles. The van der Waals surface area contributed by atoms with Crippen molar-refractivity contribution in [2.24, 2.45) is 0 Å². The molecular formula is C13H15N3O2. The van der Waals surface area contributed by atoms with E-state index in [0.717, 1.165) is 11.4 Å². The third kappa shape index (κ3) is 2.68. The van der Waals surface area contributed by atoms with Crippen LogP contribution in [0.4, 0.5) is 5.82 Å². The molecule has 1 N–H and O–H groups in total. The van der Waals surface area contributed by atoms with Gasteiger partial charge in [-0.05, 0) is 18.2 Å². The first-order valence-corrected chi connectivity index (χ1v) is 5.61. The van der Waals surface area contributed by atoms with Gasteiger partial charge in [0.15, 0.2) is 5.76 Å². The molecular weight excluding hydrogens is 230 g/mol. The summed E-state index contributed by atoms with van der Waals surface area (Å²) in [6.45, 7) is 0.418. The van der Waals surface area contributed by atoms with Crippen LogP contribution in [0.2, 0.25) is 0 Å². The average Bonchev–Trinajstić information content (AvgIpc) is 2.90. The summed E-state index contributed by atoms with van der Waals surface area (Å²) in [5.74, 6) is 0.927. The zero-order valence-corrected chi connectivity index (χ0v) is 10.4. The monoisotopic (exact) mass is 245 g/mol. The molecule has 1 amide bonds. The zero-order valence-electron chi connectivity index (χ0n) is 10.4. The van der Waals surface area contributed by atoms with Gasteiger partial charge in [0.2, 0.25) is 0 Å². The highest BCUT2D eigenvalue weighted by molar-refractivity contribution is 5.91. The Labute approximate surface area is 105 Å². The number of carbonyl (C=O) groups excluding carboxylic acids is 1. The first kappa shape index (κ1) is 12.2. The summed E-state index contributed by atoms with van der Waals surface area (Å²) in [7, 11) is 3.83. The van der Waals surface area contributed by atoms with Gasteiger partial charge in [-0.15, -0.1) is 0 Å². The van der Waals surface area contributed by atoms with Gasteiger partial charge in [0, 0.05) is 32.4 Å². The van der Waals surface area contributed by atoms with E-state index in [4.69, 9.17) is 4.42 Å². The molecule has 0 saturated carbocycles. The molecule has 0 aliphatic heterocycles. The van der Waals surface area contributed by atoms with Crippen molar-refractivity contribution in [2.75, 3.05) is 19.0 Å². The molecule has 0 fully saturated rings. The Morgan fingerprint density at radius 2 is 2.22 bits per heavy atom. The minimum absolute atomic E-state index is 0.228. The molecule has 18 heavy (non-hydrogen) atoms. The predicted molar refractivity (Wildman–Crippen MR) is 68.4 cm³/mol. The molecule has 0 aromatic carbocycles. The molecule has 94 valence electrons. The van der Waals surface area contributed by atoms with Crippen LogP contribution >= 0.6 is 0 Å². The maximum atomic E-state index is 11.7. The predicted octanol–water partition coefficient (Wildman–Crippen LogP) is 1.67. The van der Waals surface area contributed by atoms with Crippen molar-refractivity contribution in [3.63, 3.8) is 0 Å². The van der Waals surface area contributed by atoms with E-state index in [-0.39, 0.29) is 5.91 Å². The number of furan rings is 1. The normalized spacial score (nSPS) is 10.1. The Kier molecular flexibility index (Phi) is 3.62. The van der Waals surface area contributed by atoms with Crippen molar-refractivity contribution in [1.82, 2.24) is 10.3 Å². The number of aromatic nitrogens is 1. The molecule has 5 heteroatoms. The van der Waals surface area contributed by atoms with Crippen LogP contribution in [0.1, 0.15) is 16.1 Å². The number of nitrogens with one attached hydrogen (secondary N) is 1. The number of amides is 1. The second-order valence-electron chi connectivity index (χ2n) is 4.04. The highest BCUT2D eigenvalue weighted by Gasteiger charge is 2.10. The van der Waals surface area contributed by atoms with E-state index in [1.54, 1.807) is 18.3 Å². The lowest BCUT2D eigenvalue weighted by Crippen LogP contribution is -2.24. The average molecular weight is 245 g/mol. The van der Waals surface area contributed by atoms with Gasteiger partial charge in [-0.1, -0.05) is 6.07 Å². The summed E-state index contributed by atoms with van der Waals surface area (Å²) in [6.07, 6.45) is 3.21. The molecule has 2 aromatic rings. The van der Waals surface area contributed by atoms with E-state index in [2.05, 4.69) is 10.3 Å². The quantitative estimate of drug-likeness (QED) is 0.890. The molecule has 0 atom stereocenters. The van der Waals surface area contributed by atoms with E-state index in [0.29, 0.717) is 12.3 Å².